The van der Waals surface area contributed by atoms with Crippen molar-refractivity contribution in [1.29, 1.82) is 0 Å². The molecule has 4 saturated carbocycles. The van der Waals surface area contributed by atoms with Crippen molar-refractivity contribution in [3.63, 3.8) is 0 Å². The van der Waals surface area contributed by atoms with Crippen LogP contribution in [0.25, 0.3) is 0 Å². The molecule has 250 valence electrons. The van der Waals surface area contributed by atoms with Gasteiger partial charge in [-0.1, -0.05) is 34.6 Å². The summed E-state index contributed by atoms with van der Waals surface area (Å²) in [5.74, 6) is 1.57. The number of hydrogen-bond acceptors (Lipinski definition) is 9. The van der Waals surface area contributed by atoms with E-state index in [-0.39, 0.29) is 45.7 Å². The molecule has 0 aromatic heterocycles. The Morgan fingerprint density at radius 2 is 1.57 bits per heavy atom. The molecule has 9 nitrogen and oxygen atoms in total. The molecule has 5 aliphatic carbocycles. The van der Waals surface area contributed by atoms with Crippen LogP contribution in [0.3, 0.4) is 0 Å². The van der Waals surface area contributed by atoms with Crippen LogP contribution in [0.4, 0.5) is 0 Å². The number of aliphatic hydroxyl groups is 6. The molecular formula is C35H56O9. The highest BCUT2D eigenvalue weighted by atomic mass is 16.7. The number of allylic oxidation sites excluding steroid dienone is 1. The van der Waals surface area contributed by atoms with Crippen molar-refractivity contribution in [3.8, 4) is 0 Å². The molecule has 7 aliphatic rings. The fraction of sp³-hybridized carbons (Fsp3) is 0.943. The van der Waals surface area contributed by atoms with E-state index in [2.05, 4.69) is 34.6 Å². The van der Waals surface area contributed by atoms with Crippen LogP contribution >= 0.6 is 0 Å². The van der Waals surface area contributed by atoms with Gasteiger partial charge in [-0.05, 0) is 105 Å². The van der Waals surface area contributed by atoms with Crippen LogP contribution in [-0.2, 0) is 14.2 Å². The molecule has 44 heavy (non-hydrogen) atoms. The molecule has 1 saturated heterocycles. The molecule has 15 atom stereocenters. The van der Waals surface area contributed by atoms with Crippen molar-refractivity contribution >= 4 is 0 Å². The molecule has 0 bridgehead atoms. The number of aliphatic hydroxyl groups excluding tert-OH is 5. The van der Waals surface area contributed by atoms with Gasteiger partial charge in [0.2, 0.25) is 0 Å². The van der Waals surface area contributed by atoms with E-state index in [0.29, 0.717) is 24.0 Å². The zero-order chi connectivity index (χ0) is 32.0. The molecule has 0 radical (unpaired) electrons. The molecule has 0 amide bonds. The molecule has 5 fully saturated rings. The van der Waals surface area contributed by atoms with Crippen molar-refractivity contribution in [1.82, 2.24) is 0 Å². The highest BCUT2D eigenvalue weighted by Gasteiger charge is 2.83. The maximum atomic E-state index is 12.3. The summed E-state index contributed by atoms with van der Waals surface area (Å²) in [6.45, 7) is 14.6. The summed E-state index contributed by atoms with van der Waals surface area (Å²) in [6.07, 6.45) is 0.672. The summed E-state index contributed by atoms with van der Waals surface area (Å²) in [5.41, 5.74) is -0.502. The Bertz CT molecular complexity index is 1210. The Morgan fingerprint density at radius 1 is 0.909 bits per heavy atom. The van der Waals surface area contributed by atoms with Gasteiger partial charge in [-0.3, -0.25) is 0 Å². The largest absolute Gasteiger partial charge is 0.489 e. The maximum Gasteiger partial charge on any atom is 0.186 e. The van der Waals surface area contributed by atoms with Gasteiger partial charge >= 0.3 is 0 Å². The molecule has 2 spiro atoms. The number of ether oxygens (including phenoxy) is 3. The van der Waals surface area contributed by atoms with Crippen LogP contribution in [0.15, 0.2) is 11.3 Å². The molecular weight excluding hydrogens is 564 g/mol. The fourth-order valence-corrected chi connectivity index (χ4v) is 12.6. The minimum absolute atomic E-state index is 0.0638. The molecule has 7 rings (SSSR count). The topological polar surface area (TPSA) is 149 Å². The molecule has 2 heterocycles. The molecule has 0 unspecified atom stereocenters. The summed E-state index contributed by atoms with van der Waals surface area (Å²) < 4.78 is 18.6. The van der Waals surface area contributed by atoms with Crippen LogP contribution < -0.4 is 0 Å². The van der Waals surface area contributed by atoms with Crippen molar-refractivity contribution in [2.24, 2.45) is 44.8 Å². The zero-order valence-electron chi connectivity index (χ0n) is 27.6. The lowest BCUT2D eigenvalue weighted by Crippen LogP contribution is -2.61. The van der Waals surface area contributed by atoms with Gasteiger partial charge in [-0.15, -0.1) is 0 Å². The quantitative estimate of drug-likeness (QED) is 0.261. The van der Waals surface area contributed by atoms with E-state index < -0.39 is 48.5 Å². The van der Waals surface area contributed by atoms with Gasteiger partial charge in [0, 0.05) is 10.8 Å². The Hall–Kier alpha value is -0.780. The SMILES string of the molecule is C[C@@H]1C[C@H]([C@@H](O)C(C)(C)O)OC2=C1[C@@]1(C)CC[C@@]34C[C@@]35CC[C@H](O[C@@H]3OC[C@@H](O)[C@H](O)[C@H]3O)C(C)(C)[C@@H]5CC[C@H]4[C@]1(C)[C@H]2O. The van der Waals surface area contributed by atoms with Crippen LogP contribution in [0.5, 0.6) is 0 Å². The second-order valence-electron chi connectivity index (χ2n) is 17.6. The monoisotopic (exact) mass is 620 g/mol. The lowest BCUT2D eigenvalue weighted by atomic mass is 9.41. The standard InChI is InChI=1S/C35H56O9/c1-17-14-19(27(39)31(4,5)41)43-26-23(17)32(6)12-13-35-16-34(35)11-10-22(44-29-25(38)24(37)18(36)15-42-29)30(2,3)20(34)8-9-21(35)33(32,7)28(26)40/h17-22,24-25,27-29,36-41H,8-16H2,1-7H3/t17-,18-,19-,20+,21+,22+,24+,25-,27-,28+,29+,32-,33-,34-,35+/m1/s1. The van der Waals surface area contributed by atoms with E-state index in [9.17, 15) is 30.6 Å². The second kappa shape index (κ2) is 9.65. The Labute approximate surface area is 262 Å². The first-order chi connectivity index (χ1) is 20.4. The van der Waals surface area contributed by atoms with Crippen molar-refractivity contribution in [2.45, 2.75) is 154 Å². The number of fused-ring (bicyclic) bond motifs is 3. The van der Waals surface area contributed by atoms with Crippen LogP contribution in [0.1, 0.15) is 99.8 Å². The van der Waals surface area contributed by atoms with Gasteiger partial charge in [0.1, 0.15) is 42.4 Å². The Kier molecular flexibility index (Phi) is 6.97. The summed E-state index contributed by atoms with van der Waals surface area (Å²) >= 11 is 0. The molecule has 2 aliphatic heterocycles. The van der Waals surface area contributed by atoms with Gasteiger partial charge < -0.3 is 44.8 Å². The molecule has 9 heteroatoms. The van der Waals surface area contributed by atoms with E-state index >= 15 is 0 Å². The third-order valence-corrected chi connectivity index (χ3v) is 15.0. The van der Waals surface area contributed by atoms with E-state index in [0.717, 1.165) is 38.5 Å². The molecule has 6 N–H and O–H groups in total. The highest BCUT2D eigenvalue weighted by Crippen LogP contribution is 2.89. The van der Waals surface area contributed by atoms with Crippen LogP contribution in [-0.4, -0.2) is 91.9 Å². The summed E-state index contributed by atoms with van der Waals surface area (Å²) in [7, 11) is 0. The third kappa shape index (κ3) is 3.81. The maximum absolute atomic E-state index is 12.3. The van der Waals surface area contributed by atoms with Gasteiger partial charge in [-0.25, -0.2) is 0 Å². The summed E-state index contributed by atoms with van der Waals surface area (Å²) in [4.78, 5) is 0. The molecule has 0 aromatic carbocycles. The van der Waals surface area contributed by atoms with E-state index in [1.807, 2.05) is 0 Å². The minimum Gasteiger partial charge on any atom is -0.489 e. The lowest BCUT2D eigenvalue weighted by Gasteiger charge is -2.63. The first-order valence-corrected chi connectivity index (χ1v) is 17.2. The van der Waals surface area contributed by atoms with Crippen molar-refractivity contribution in [3.05, 3.63) is 11.3 Å². The lowest BCUT2D eigenvalue weighted by molar-refractivity contribution is -0.303. The van der Waals surface area contributed by atoms with Gasteiger partial charge in [0.15, 0.2) is 6.29 Å². The normalized spacial score (nSPS) is 55.1. The average molecular weight is 621 g/mol. The second-order valence-corrected chi connectivity index (χ2v) is 17.6. The Balaban J connectivity index is 1.15. The smallest absolute Gasteiger partial charge is 0.186 e. The highest BCUT2D eigenvalue weighted by molar-refractivity contribution is 5.43. The Morgan fingerprint density at radius 3 is 2.25 bits per heavy atom. The average Bonchev–Trinajstić information content (AvgIpc) is 3.58. The fourth-order valence-electron chi connectivity index (χ4n) is 12.6. The summed E-state index contributed by atoms with van der Waals surface area (Å²) in [5, 5.41) is 64.6. The van der Waals surface area contributed by atoms with E-state index in [1.54, 1.807) is 13.8 Å². The van der Waals surface area contributed by atoms with Gasteiger partial charge in [-0.2, -0.15) is 0 Å². The predicted octanol–water partition coefficient (Wildman–Crippen LogP) is 3.03. The minimum atomic E-state index is -1.30. The van der Waals surface area contributed by atoms with Crippen molar-refractivity contribution in [2.75, 3.05) is 6.61 Å². The van der Waals surface area contributed by atoms with Crippen LogP contribution in [0.2, 0.25) is 0 Å². The third-order valence-electron chi connectivity index (χ3n) is 15.0. The van der Waals surface area contributed by atoms with E-state index in [1.165, 1.54) is 12.0 Å². The van der Waals surface area contributed by atoms with Crippen molar-refractivity contribution < 1.29 is 44.8 Å². The molecule has 0 aromatic rings. The first-order valence-electron chi connectivity index (χ1n) is 17.2. The van der Waals surface area contributed by atoms with Gasteiger partial charge in [0.05, 0.1) is 18.3 Å². The number of rotatable bonds is 4. The summed E-state index contributed by atoms with van der Waals surface area (Å²) in [6, 6.07) is 0. The number of hydrogen-bond donors (Lipinski definition) is 6. The van der Waals surface area contributed by atoms with Gasteiger partial charge in [0.25, 0.3) is 0 Å². The van der Waals surface area contributed by atoms with E-state index in [4.69, 9.17) is 14.2 Å². The zero-order valence-corrected chi connectivity index (χ0v) is 27.6. The first kappa shape index (κ1) is 31.8. The predicted molar refractivity (Wildman–Crippen MR) is 161 cm³/mol. The van der Waals surface area contributed by atoms with Crippen LogP contribution in [0, 0.1) is 44.8 Å².